The maximum Gasteiger partial charge on any atom is 0.244 e. The second-order valence-corrected chi connectivity index (χ2v) is 5.39. The average Bonchev–Trinajstić information content (AvgIpc) is 2.23. The van der Waals surface area contributed by atoms with Crippen LogP contribution in [0.2, 0.25) is 5.02 Å². The van der Waals surface area contributed by atoms with E-state index in [1.54, 1.807) is 18.2 Å². The first-order chi connectivity index (χ1) is 8.07. The van der Waals surface area contributed by atoms with E-state index in [0.29, 0.717) is 23.6 Å². The summed E-state index contributed by atoms with van der Waals surface area (Å²) in [5, 5.41) is 12.3. The zero-order chi connectivity index (χ0) is 12.5. The minimum absolute atomic E-state index is 0.232. The van der Waals surface area contributed by atoms with Gasteiger partial charge in [-0.15, -0.1) is 0 Å². The van der Waals surface area contributed by atoms with Gasteiger partial charge in [-0.1, -0.05) is 11.6 Å². The minimum atomic E-state index is -0.834. The molecule has 1 aromatic carbocycles. The van der Waals surface area contributed by atoms with Gasteiger partial charge < -0.3 is 5.32 Å². The van der Waals surface area contributed by atoms with Crippen molar-refractivity contribution >= 4 is 39.1 Å². The molecule has 1 aliphatic carbocycles. The molecule has 2 rings (SSSR count). The maximum atomic E-state index is 12.0. The van der Waals surface area contributed by atoms with Gasteiger partial charge in [0, 0.05) is 10.2 Å². The number of rotatable bonds is 2. The number of nitrogens with zero attached hydrogens (tertiary/aromatic N) is 1. The van der Waals surface area contributed by atoms with Crippen molar-refractivity contribution in [2.75, 3.05) is 5.32 Å². The lowest BCUT2D eigenvalue weighted by Gasteiger charge is -2.33. The van der Waals surface area contributed by atoms with E-state index in [1.807, 2.05) is 0 Å². The first-order valence-corrected chi connectivity index (χ1v) is 6.42. The van der Waals surface area contributed by atoms with E-state index >= 15 is 0 Å². The summed E-state index contributed by atoms with van der Waals surface area (Å²) in [6.07, 6.45) is 2.21. The molecule has 0 atom stereocenters. The summed E-state index contributed by atoms with van der Waals surface area (Å²) in [6.45, 7) is 0. The van der Waals surface area contributed by atoms with Gasteiger partial charge in [0.05, 0.1) is 11.1 Å². The van der Waals surface area contributed by atoms with Gasteiger partial charge in [0.2, 0.25) is 5.91 Å². The summed E-state index contributed by atoms with van der Waals surface area (Å²) < 4.78 is 0.774. The Labute approximate surface area is 113 Å². The Bertz CT molecular complexity index is 506. The number of carbonyl (C=O) groups is 1. The summed E-state index contributed by atoms with van der Waals surface area (Å²) in [5.41, 5.74) is -0.218. The molecule has 0 spiro atoms. The Morgan fingerprint density at radius 2 is 2.24 bits per heavy atom. The Morgan fingerprint density at radius 1 is 1.53 bits per heavy atom. The maximum absolute atomic E-state index is 12.0. The molecule has 0 saturated heterocycles. The van der Waals surface area contributed by atoms with Gasteiger partial charge in [-0.25, -0.2) is 0 Å². The van der Waals surface area contributed by atoms with Gasteiger partial charge in [-0.3, -0.25) is 4.79 Å². The molecule has 88 valence electrons. The lowest BCUT2D eigenvalue weighted by Crippen LogP contribution is -2.40. The van der Waals surface area contributed by atoms with E-state index in [-0.39, 0.29) is 5.91 Å². The van der Waals surface area contributed by atoms with Crippen LogP contribution in [0.25, 0.3) is 0 Å². The van der Waals surface area contributed by atoms with Crippen LogP contribution in [0.1, 0.15) is 19.3 Å². The number of nitriles is 1. The third kappa shape index (κ3) is 2.31. The van der Waals surface area contributed by atoms with Crippen LogP contribution in [-0.4, -0.2) is 5.91 Å². The second-order valence-electron chi connectivity index (χ2n) is 4.13. The summed E-state index contributed by atoms with van der Waals surface area (Å²) in [5.74, 6) is -0.232. The molecule has 1 aliphatic rings. The van der Waals surface area contributed by atoms with Crippen molar-refractivity contribution in [1.82, 2.24) is 0 Å². The molecular weight excluding hydrogens is 304 g/mol. The fourth-order valence-electron chi connectivity index (χ4n) is 1.74. The van der Waals surface area contributed by atoms with Crippen LogP contribution in [0.3, 0.4) is 0 Å². The summed E-state index contributed by atoms with van der Waals surface area (Å²) >= 11 is 9.21. The second kappa shape index (κ2) is 4.67. The van der Waals surface area contributed by atoms with Crippen LogP contribution < -0.4 is 5.32 Å². The number of halogens is 2. The fourth-order valence-corrected chi connectivity index (χ4v) is 2.17. The van der Waals surface area contributed by atoms with Crippen molar-refractivity contribution in [2.45, 2.75) is 19.3 Å². The molecule has 1 fully saturated rings. The zero-order valence-electron chi connectivity index (χ0n) is 8.96. The van der Waals surface area contributed by atoms with Gasteiger partial charge >= 0.3 is 0 Å². The highest BCUT2D eigenvalue weighted by atomic mass is 79.9. The Hall–Kier alpha value is -1.05. The first kappa shape index (κ1) is 12.4. The Kier molecular flexibility index (Phi) is 3.41. The fraction of sp³-hybridized carbons (Fsp3) is 0.333. The number of amides is 1. The van der Waals surface area contributed by atoms with Crippen molar-refractivity contribution in [3.63, 3.8) is 0 Å². The lowest BCUT2D eigenvalue weighted by molar-refractivity contribution is -0.126. The topological polar surface area (TPSA) is 52.9 Å². The summed E-state index contributed by atoms with van der Waals surface area (Å²) in [6, 6.07) is 7.28. The van der Waals surface area contributed by atoms with Crippen molar-refractivity contribution < 1.29 is 4.79 Å². The van der Waals surface area contributed by atoms with Gasteiger partial charge in [-0.2, -0.15) is 5.26 Å². The van der Waals surface area contributed by atoms with E-state index in [0.717, 1.165) is 10.9 Å². The normalized spacial score (nSPS) is 16.8. The number of benzene rings is 1. The van der Waals surface area contributed by atoms with Crippen LogP contribution in [0.15, 0.2) is 22.7 Å². The highest BCUT2D eigenvalue weighted by Gasteiger charge is 2.44. The number of hydrogen-bond donors (Lipinski definition) is 1. The van der Waals surface area contributed by atoms with E-state index < -0.39 is 5.41 Å². The molecule has 17 heavy (non-hydrogen) atoms. The molecule has 1 N–H and O–H groups in total. The van der Waals surface area contributed by atoms with Crippen molar-refractivity contribution in [3.8, 4) is 6.07 Å². The molecule has 3 nitrogen and oxygen atoms in total. The number of anilines is 1. The smallest absolute Gasteiger partial charge is 0.244 e. The molecule has 0 aromatic heterocycles. The van der Waals surface area contributed by atoms with E-state index in [4.69, 9.17) is 16.9 Å². The van der Waals surface area contributed by atoms with Gasteiger partial charge in [-0.05, 0) is 53.4 Å². The number of carbonyl (C=O) groups excluding carboxylic acids is 1. The monoisotopic (exact) mass is 312 g/mol. The summed E-state index contributed by atoms with van der Waals surface area (Å²) in [4.78, 5) is 12.0. The molecule has 1 amide bonds. The van der Waals surface area contributed by atoms with Gasteiger partial charge in [0.15, 0.2) is 0 Å². The predicted octanol–water partition coefficient (Wildman–Crippen LogP) is 3.73. The standard InChI is InChI=1S/C12H10BrClN2O/c13-9-3-2-8(6-10(9)14)16-11(17)12(7-15)4-1-5-12/h2-3,6H,1,4-5H2,(H,16,17). The molecule has 1 aromatic rings. The predicted molar refractivity (Wildman–Crippen MR) is 69.7 cm³/mol. The molecule has 0 radical (unpaired) electrons. The van der Waals surface area contributed by atoms with Gasteiger partial charge in [0.25, 0.3) is 0 Å². The van der Waals surface area contributed by atoms with Crippen LogP contribution >= 0.6 is 27.5 Å². The van der Waals surface area contributed by atoms with Crippen LogP contribution in [-0.2, 0) is 4.79 Å². The average molecular weight is 314 g/mol. The van der Waals surface area contributed by atoms with E-state index in [2.05, 4.69) is 27.3 Å². The highest BCUT2D eigenvalue weighted by molar-refractivity contribution is 9.10. The molecule has 0 unspecified atom stereocenters. The van der Waals surface area contributed by atoms with Crippen molar-refractivity contribution in [3.05, 3.63) is 27.7 Å². The minimum Gasteiger partial charge on any atom is -0.325 e. The van der Waals surface area contributed by atoms with Crippen LogP contribution in [0.4, 0.5) is 5.69 Å². The zero-order valence-corrected chi connectivity index (χ0v) is 11.3. The Balaban J connectivity index is 2.13. The Morgan fingerprint density at radius 3 is 2.71 bits per heavy atom. The van der Waals surface area contributed by atoms with Crippen LogP contribution in [0.5, 0.6) is 0 Å². The SMILES string of the molecule is N#CC1(C(=O)Nc2ccc(Br)c(Cl)c2)CCC1. The van der Waals surface area contributed by atoms with E-state index in [9.17, 15) is 4.79 Å². The summed E-state index contributed by atoms with van der Waals surface area (Å²) in [7, 11) is 0. The van der Waals surface area contributed by atoms with Crippen LogP contribution in [0, 0.1) is 16.7 Å². The number of hydrogen-bond acceptors (Lipinski definition) is 2. The van der Waals surface area contributed by atoms with Crippen molar-refractivity contribution in [2.24, 2.45) is 5.41 Å². The molecule has 0 heterocycles. The molecular formula is C12H10BrClN2O. The molecule has 0 bridgehead atoms. The lowest BCUT2D eigenvalue weighted by atomic mass is 9.69. The molecule has 0 aliphatic heterocycles. The van der Waals surface area contributed by atoms with Crippen molar-refractivity contribution in [1.29, 1.82) is 5.26 Å². The largest absolute Gasteiger partial charge is 0.325 e. The first-order valence-electron chi connectivity index (χ1n) is 5.25. The van der Waals surface area contributed by atoms with E-state index in [1.165, 1.54) is 0 Å². The molecule has 5 heteroatoms. The highest BCUT2D eigenvalue weighted by Crippen LogP contribution is 2.41. The third-order valence-corrected chi connectivity index (χ3v) is 4.27. The van der Waals surface area contributed by atoms with Gasteiger partial charge in [0.1, 0.15) is 5.41 Å². The quantitative estimate of drug-likeness (QED) is 0.904. The molecule has 1 saturated carbocycles. The number of nitrogens with one attached hydrogen (secondary N) is 1. The third-order valence-electron chi connectivity index (χ3n) is 3.03.